The smallest absolute Gasteiger partial charge is 0.475 e. The molecule has 31 heavy (non-hydrogen) atoms. The first-order valence-corrected chi connectivity index (χ1v) is 10.4. The summed E-state index contributed by atoms with van der Waals surface area (Å²) in [5.41, 5.74) is 0.999. The molecule has 1 atom stereocenters. The standard InChI is InChI=1S/C19H26N4O.C2HF3O2/c24-18(14-5-9-20-10-6-14)15-7-11-23(12-8-15)19-21-13-16-3-1-2-4-17(16)22-19;3-2(4,5)1(6)7/h1-4,13-15,18,20,24H,5-12H2;(H,6,7). The van der Waals surface area contributed by atoms with E-state index in [0.717, 1.165) is 68.7 Å². The lowest BCUT2D eigenvalue weighted by Crippen LogP contribution is -2.43. The first-order valence-electron chi connectivity index (χ1n) is 10.4. The van der Waals surface area contributed by atoms with Crippen molar-refractivity contribution in [3.05, 3.63) is 30.5 Å². The molecular weight excluding hydrogens is 413 g/mol. The number of fused-ring (bicyclic) bond motifs is 1. The van der Waals surface area contributed by atoms with Gasteiger partial charge in [-0.2, -0.15) is 13.2 Å². The van der Waals surface area contributed by atoms with E-state index in [1.807, 2.05) is 30.5 Å². The van der Waals surface area contributed by atoms with E-state index in [4.69, 9.17) is 14.9 Å². The average Bonchev–Trinajstić information content (AvgIpc) is 2.79. The molecule has 0 bridgehead atoms. The van der Waals surface area contributed by atoms with Crippen molar-refractivity contribution in [1.29, 1.82) is 0 Å². The van der Waals surface area contributed by atoms with Crippen LogP contribution >= 0.6 is 0 Å². The molecule has 0 aliphatic carbocycles. The van der Waals surface area contributed by atoms with Crippen LogP contribution in [0.1, 0.15) is 25.7 Å². The molecule has 3 N–H and O–H groups in total. The highest BCUT2D eigenvalue weighted by Gasteiger charge is 2.38. The third kappa shape index (κ3) is 6.27. The van der Waals surface area contributed by atoms with Crippen molar-refractivity contribution in [2.75, 3.05) is 31.1 Å². The Bertz CT molecular complexity index is 866. The second-order valence-electron chi connectivity index (χ2n) is 7.93. The number of alkyl halides is 3. The van der Waals surface area contributed by atoms with Crippen molar-refractivity contribution in [2.24, 2.45) is 11.8 Å². The van der Waals surface area contributed by atoms with Gasteiger partial charge < -0.3 is 20.4 Å². The summed E-state index contributed by atoms with van der Waals surface area (Å²) in [5.74, 6) is -1.04. The van der Waals surface area contributed by atoms with Crippen LogP contribution in [0.25, 0.3) is 10.9 Å². The number of aromatic nitrogens is 2. The van der Waals surface area contributed by atoms with Gasteiger partial charge in [-0.1, -0.05) is 18.2 Å². The van der Waals surface area contributed by atoms with Gasteiger partial charge in [0.05, 0.1) is 11.6 Å². The van der Waals surface area contributed by atoms with E-state index in [2.05, 4.69) is 15.2 Å². The number of aliphatic hydroxyl groups is 1. The fraction of sp³-hybridized carbons (Fsp3) is 0.571. The summed E-state index contributed by atoms with van der Waals surface area (Å²) in [7, 11) is 0. The number of carboxylic acids is 1. The van der Waals surface area contributed by atoms with Gasteiger partial charge in [-0.15, -0.1) is 0 Å². The molecule has 1 unspecified atom stereocenters. The Labute approximate surface area is 178 Å². The Morgan fingerprint density at radius 1 is 1.10 bits per heavy atom. The number of halogens is 3. The van der Waals surface area contributed by atoms with E-state index in [-0.39, 0.29) is 6.10 Å². The van der Waals surface area contributed by atoms with Crippen molar-refractivity contribution in [2.45, 2.75) is 38.0 Å². The van der Waals surface area contributed by atoms with E-state index in [9.17, 15) is 18.3 Å². The molecule has 7 nitrogen and oxygen atoms in total. The minimum absolute atomic E-state index is 0.147. The topological polar surface area (TPSA) is 98.6 Å². The Morgan fingerprint density at radius 2 is 1.68 bits per heavy atom. The predicted octanol–water partition coefficient (Wildman–Crippen LogP) is 2.84. The first kappa shape index (κ1) is 23.2. The number of carboxylic acid groups (broad SMARTS) is 1. The van der Waals surface area contributed by atoms with E-state index >= 15 is 0 Å². The molecule has 4 rings (SSSR count). The lowest BCUT2D eigenvalue weighted by molar-refractivity contribution is -0.192. The molecule has 2 fully saturated rings. The average molecular weight is 440 g/mol. The normalized spacial score (nSPS) is 19.5. The number of hydrogen-bond acceptors (Lipinski definition) is 6. The maximum Gasteiger partial charge on any atom is 0.490 e. The van der Waals surface area contributed by atoms with Crippen molar-refractivity contribution in [3.8, 4) is 0 Å². The third-order valence-electron chi connectivity index (χ3n) is 5.89. The number of nitrogens with one attached hydrogen (secondary N) is 1. The van der Waals surface area contributed by atoms with Crippen LogP contribution in [0.5, 0.6) is 0 Å². The van der Waals surface area contributed by atoms with Gasteiger partial charge in [-0.25, -0.2) is 14.8 Å². The van der Waals surface area contributed by atoms with Crippen molar-refractivity contribution < 1.29 is 28.2 Å². The molecule has 0 spiro atoms. The molecule has 170 valence electrons. The number of carbonyl (C=O) groups is 1. The largest absolute Gasteiger partial charge is 0.490 e. The number of aliphatic carboxylic acids is 1. The van der Waals surface area contributed by atoms with Crippen LogP contribution in [0.15, 0.2) is 30.5 Å². The Balaban J connectivity index is 0.000000339. The summed E-state index contributed by atoms with van der Waals surface area (Å²) in [5, 5.41) is 22.3. The fourth-order valence-corrected chi connectivity index (χ4v) is 4.13. The maximum atomic E-state index is 10.7. The molecule has 2 saturated heterocycles. The number of benzene rings is 1. The van der Waals surface area contributed by atoms with Gasteiger partial charge in [0.15, 0.2) is 0 Å². The van der Waals surface area contributed by atoms with E-state index in [1.54, 1.807) is 0 Å². The number of aliphatic hydroxyl groups excluding tert-OH is 1. The van der Waals surface area contributed by atoms with E-state index < -0.39 is 12.1 Å². The first-order chi connectivity index (χ1) is 14.8. The van der Waals surface area contributed by atoms with Crippen molar-refractivity contribution in [3.63, 3.8) is 0 Å². The molecule has 1 aromatic carbocycles. The molecular formula is C21H27F3N4O3. The summed E-state index contributed by atoms with van der Waals surface area (Å²) in [4.78, 5) is 20.4. The van der Waals surface area contributed by atoms with Gasteiger partial charge >= 0.3 is 12.1 Å². The highest BCUT2D eigenvalue weighted by molar-refractivity contribution is 5.78. The van der Waals surface area contributed by atoms with Gasteiger partial charge in [-0.05, 0) is 56.7 Å². The Hall–Kier alpha value is -2.46. The van der Waals surface area contributed by atoms with Gasteiger partial charge in [-0.3, -0.25) is 0 Å². The van der Waals surface area contributed by atoms with E-state index in [0.29, 0.717) is 11.8 Å². The number of hydrogen-bond donors (Lipinski definition) is 3. The second-order valence-corrected chi connectivity index (χ2v) is 7.93. The quantitative estimate of drug-likeness (QED) is 0.675. The fourth-order valence-electron chi connectivity index (χ4n) is 4.13. The number of piperidine rings is 2. The summed E-state index contributed by atoms with van der Waals surface area (Å²) in [6.07, 6.45) is 0.951. The Kier molecular flexibility index (Phi) is 7.66. The monoisotopic (exact) mass is 440 g/mol. The van der Waals surface area contributed by atoms with Gasteiger partial charge in [0.1, 0.15) is 0 Å². The molecule has 0 saturated carbocycles. The van der Waals surface area contributed by atoms with Crippen LogP contribution in [-0.2, 0) is 4.79 Å². The summed E-state index contributed by atoms with van der Waals surface area (Å²) in [6.45, 7) is 3.97. The van der Waals surface area contributed by atoms with Crippen LogP contribution in [0, 0.1) is 11.8 Å². The minimum atomic E-state index is -5.08. The van der Waals surface area contributed by atoms with Crippen molar-refractivity contribution in [1.82, 2.24) is 15.3 Å². The highest BCUT2D eigenvalue weighted by atomic mass is 19.4. The number of para-hydroxylation sites is 1. The summed E-state index contributed by atoms with van der Waals surface area (Å²) in [6, 6.07) is 8.11. The maximum absolute atomic E-state index is 10.7. The van der Waals surface area contributed by atoms with Crippen LogP contribution in [0.3, 0.4) is 0 Å². The molecule has 3 heterocycles. The zero-order valence-corrected chi connectivity index (χ0v) is 17.1. The number of anilines is 1. The number of rotatable bonds is 3. The zero-order chi connectivity index (χ0) is 22.4. The summed E-state index contributed by atoms with van der Waals surface area (Å²) >= 11 is 0. The molecule has 2 aromatic rings. The molecule has 2 aliphatic rings. The molecule has 1 aromatic heterocycles. The van der Waals surface area contributed by atoms with Crippen LogP contribution in [0.2, 0.25) is 0 Å². The van der Waals surface area contributed by atoms with Crippen molar-refractivity contribution >= 4 is 22.8 Å². The highest BCUT2D eigenvalue weighted by Crippen LogP contribution is 2.30. The minimum Gasteiger partial charge on any atom is -0.475 e. The molecule has 2 aliphatic heterocycles. The van der Waals surface area contributed by atoms with Crippen LogP contribution in [-0.4, -0.2) is 64.6 Å². The Morgan fingerprint density at radius 3 is 2.29 bits per heavy atom. The molecule has 10 heteroatoms. The van der Waals surface area contributed by atoms with Crippen LogP contribution in [0.4, 0.5) is 19.1 Å². The lowest BCUT2D eigenvalue weighted by Gasteiger charge is -2.38. The predicted molar refractivity (Wildman–Crippen MR) is 110 cm³/mol. The second kappa shape index (κ2) is 10.2. The van der Waals surface area contributed by atoms with Gasteiger partial charge in [0.2, 0.25) is 5.95 Å². The van der Waals surface area contributed by atoms with Gasteiger partial charge in [0, 0.05) is 24.7 Å². The lowest BCUT2D eigenvalue weighted by atomic mass is 9.80. The summed E-state index contributed by atoms with van der Waals surface area (Å²) < 4.78 is 31.7. The van der Waals surface area contributed by atoms with Gasteiger partial charge in [0.25, 0.3) is 0 Å². The third-order valence-corrected chi connectivity index (χ3v) is 5.89. The van der Waals surface area contributed by atoms with E-state index in [1.165, 1.54) is 0 Å². The van der Waals surface area contributed by atoms with Crippen LogP contribution < -0.4 is 10.2 Å². The zero-order valence-electron chi connectivity index (χ0n) is 17.1. The molecule has 0 amide bonds. The SMILES string of the molecule is O=C(O)C(F)(F)F.OC(C1CCNCC1)C1CCN(c2ncc3ccccc3n2)CC1. The number of nitrogens with zero attached hydrogens (tertiary/aromatic N) is 3. The molecule has 0 radical (unpaired) electrons.